The average Bonchev–Trinajstić information content (AvgIpc) is 2.84. The van der Waals surface area contributed by atoms with Crippen LogP contribution in [-0.2, 0) is 11.2 Å². The summed E-state index contributed by atoms with van der Waals surface area (Å²) in [6, 6.07) is 3.61. The molecule has 0 aromatic heterocycles. The second kappa shape index (κ2) is 5.56. The van der Waals surface area contributed by atoms with Crippen molar-refractivity contribution < 1.29 is 13.5 Å². The lowest BCUT2D eigenvalue weighted by Crippen LogP contribution is -2.39. The van der Waals surface area contributed by atoms with Gasteiger partial charge in [0.25, 0.3) is 0 Å². The van der Waals surface area contributed by atoms with Gasteiger partial charge in [-0.05, 0) is 50.1 Å². The molecule has 17 heavy (non-hydrogen) atoms. The van der Waals surface area contributed by atoms with Crippen LogP contribution in [0.25, 0.3) is 0 Å². The van der Waals surface area contributed by atoms with Gasteiger partial charge in [-0.1, -0.05) is 0 Å². The van der Waals surface area contributed by atoms with Crippen LogP contribution < -0.4 is 5.32 Å². The molecule has 0 bridgehead atoms. The van der Waals surface area contributed by atoms with Crippen molar-refractivity contribution in [2.24, 2.45) is 0 Å². The number of rotatable bonds is 4. The van der Waals surface area contributed by atoms with Crippen LogP contribution in [0, 0.1) is 11.6 Å². The van der Waals surface area contributed by atoms with E-state index in [1.54, 1.807) is 0 Å². The minimum absolute atomic E-state index is 0.0359. The normalized spacial score (nSPS) is 21.7. The highest BCUT2D eigenvalue weighted by Gasteiger charge is 2.25. The van der Waals surface area contributed by atoms with Gasteiger partial charge in [0.15, 0.2) is 0 Å². The van der Waals surface area contributed by atoms with Gasteiger partial charge >= 0.3 is 0 Å². The molecular formula is C13H17F2NO. The maximum absolute atomic E-state index is 13.5. The standard InChI is InChI=1S/C13H17F2NO/c1-16-12(13-3-2-6-17-13)8-9-7-10(14)4-5-11(9)15/h4-5,7,12-13,16H,2-3,6,8H2,1H3. The van der Waals surface area contributed by atoms with Crippen molar-refractivity contribution in [2.45, 2.75) is 31.4 Å². The van der Waals surface area contributed by atoms with E-state index in [-0.39, 0.29) is 18.0 Å². The van der Waals surface area contributed by atoms with Gasteiger partial charge < -0.3 is 10.1 Å². The van der Waals surface area contributed by atoms with Gasteiger partial charge in [0.2, 0.25) is 0 Å². The van der Waals surface area contributed by atoms with E-state index >= 15 is 0 Å². The number of halogens is 2. The molecule has 1 aliphatic heterocycles. The van der Waals surface area contributed by atoms with Crippen LogP contribution in [0.15, 0.2) is 18.2 Å². The largest absolute Gasteiger partial charge is 0.377 e. The van der Waals surface area contributed by atoms with E-state index in [0.717, 1.165) is 25.5 Å². The number of ether oxygens (including phenoxy) is 1. The summed E-state index contributed by atoms with van der Waals surface area (Å²) >= 11 is 0. The molecule has 0 radical (unpaired) electrons. The molecule has 1 heterocycles. The molecule has 0 spiro atoms. The van der Waals surface area contributed by atoms with Crippen molar-refractivity contribution in [3.05, 3.63) is 35.4 Å². The number of likely N-dealkylation sites (N-methyl/N-ethyl adjacent to an activating group) is 1. The first kappa shape index (κ1) is 12.5. The quantitative estimate of drug-likeness (QED) is 0.873. The highest BCUT2D eigenvalue weighted by molar-refractivity contribution is 5.20. The van der Waals surface area contributed by atoms with Crippen LogP contribution in [0.1, 0.15) is 18.4 Å². The van der Waals surface area contributed by atoms with Crippen molar-refractivity contribution in [1.29, 1.82) is 0 Å². The third-order valence-electron chi connectivity index (χ3n) is 3.23. The van der Waals surface area contributed by atoms with Crippen LogP contribution in [0.5, 0.6) is 0 Å². The topological polar surface area (TPSA) is 21.3 Å². The summed E-state index contributed by atoms with van der Waals surface area (Å²) in [6.45, 7) is 0.758. The summed E-state index contributed by atoms with van der Waals surface area (Å²) in [5, 5.41) is 3.13. The fourth-order valence-electron chi connectivity index (χ4n) is 2.28. The highest BCUT2D eigenvalue weighted by Crippen LogP contribution is 2.20. The molecule has 1 fully saturated rings. The van der Waals surface area contributed by atoms with Crippen LogP contribution in [-0.4, -0.2) is 25.8 Å². The molecule has 0 aliphatic carbocycles. The molecule has 4 heteroatoms. The maximum atomic E-state index is 13.5. The molecular weight excluding hydrogens is 224 g/mol. The molecule has 2 unspecified atom stereocenters. The predicted octanol–water partition coefficient (Wildman–Crippen LogP) is 2.27. The molecule has 2 rings (SSSR count). The highest BCUT2D eigenvalue weighted by atomic mass is 19.1. The number of benzene rings is 1. The molecule has 1 saturated heterocycles. The van der Waals surface area contributed by atoms with Crippen molar-refractivity contribution in [1.82, 2.24) is 5.32 Å². The monoisotopic (exact) mass is 241 g/mol. The van der Waals surface area contributed by atoms with Crippen molar-refractivity contribution in [3.63, 3.8) is 0 Å². The zero-order valence-corrected chi connectivity index (χ0v) is 9.88. The second-order valence-electron chi connectivity index (χ2n) is 4.39. The van der Waals surface area contributed by atoms with Gasteiger partial charge in [0.05, 0.1) is 6.10 Å². The van der Waals surface area contributed by atoms with E-state index in [4.69, 9.17) is 4.74 Å². The Morgan fingerprint density at radius 2 is 2.29 bits per heavy atom. The van der Waals surface area contributed by atoms with Crippen LogP contribution in [0.3, 0.4) is 0 Å². The number of nitrogens with one attached hydrogen (secondary N) is 1. The van der Waals surface area contributed by atoms with Gasteiger partial charge in [-0.25, -0.2) is 8.78 Å². The van der Waals surface area contributed by atoms with Crippen molar-refractivity contribution in [3.8, 4) is 0 Å². The fraction of sp³-hybridized carbons (Fsp3) is 0.538. The lowest BCUT2D eigenvalue weighted by atomic mass is 9.99. The number of hydrogen-bond acceptors (Lipinski definition) is 2. The summed E-state index contributed by atoms with van der Waals surface area (Å²) < 4.78 is 32.1. The third kappa shape index (κ3) is 3.01. The average molecular weight is 241 g/mol. The lowest BCUT2D eigenvalue weighted by molar-refractivity contribution is 0.0806. The predicted molar refractivity (Wildman–Crippen MR) is 61.9 cm³/mol. The minimum Gasteiger partial charge on any atom is -0.377 e. The van der Waals surface area contributed by atoms with E-state index in [2.05, 4.69) is 5.32 Å². The van der Waals surface area contributed by atoms with Crippen molar-refractivity contribution in [2.75, 3.05) is 13.7 Å². The Kier molecular flexibility index (Phi) is 4.07. The lowest BCUT2D eigenvalue weighted by Gasteiger charge is -2.22. The SMILES string of the molecule is CNC(Cc1cc(F)ccc1F)C1CCCO1. The van der Waals surface area contributed by atoms with Crippen molar-refractivity contribution >= 4 is 0 Å². The van der Waals surface area contributed by atoms with Crippen LogP contribution >= 0.6 is 0 Å². The fourth-order valence-corrected chi connectivity index (χ4v) is 2.28. The molecule has 1 N–H and O–H groups in total. The third-order valence-corrected chi connectivity index (χ3v) is 3.23. The first-order valence-electron chi connectivity index (χ1n) is 5.93. The number of hydrogen-bond donors (Lipinski definition) is 1. The molecule has 2 nitrogen and oxygen atoms in total. The maximum Gasteiger partial charge on any atom is 0.126 e. The zero-order valence-electron chi connectivity index (χ0n) is 9.88. The summed E-state index contributed by atoms with van der Waals surface area (Å²) in [5.74, 6) is -0.756. The molecule has 0 saturated carbocycles. The molecule has 2 atom stereocenters. The Morgan fingerprint density at radius 3 is 2.94 bits per heavy atom. The Labute approximate surface area is 100.0 Å². The van der Waals surface area contributed by atoms with Gasteiger partial charge in [-0.3, -0.25) is 0 Å². The second-order valence-corrected chi connectivity index (χ2v) is 4.39. The van der Waals surface area contributed by atoms with Gasteiger partial charge in [0, 0.05) is 12.6 Å². The summed E-state index contributed by atoms with van der Waals surface area (Å²) in [6.07, 6.45) is 2.56. The van der Waals surface area contributed by atoms with E-state index in [9.17, 15) is 8.78 Å². The minimum atomic E-state index is -0.399. The molecule has 94 valence electrons. The van der Waals surface area contributed by atoms with Gasteiger partial charge in [-0.2, -0.15) is 0 Å². The molecule has 1 aliphatic rings. The molecule has 0 amide bonds. The Hall–Kier alpha value is -1.00. The summed E-state index contributed by atoms with van der Waals surface area (Å²) in [5.41, 5.74) is 0.403. The van der Waals surface area contributed by atoms with Gasteiger partial charge in [0.1, 0.15) is 11.6 Å². The van der Waals surface area contributed by atoms with Gasteiger partial charge in [-0.15, -0.1) is 0 Å². The molecule has 1 aromatic carbocycles. The van der Waals surface area contributed by atoms with E-state index in [1.165, 1.54) is 12.1 Å². The van der Waals surface area contributed by atoms with E-state index < -0.39 is 5.82 Å². The zero-order chi connectivity index (χ0) is 12.3. The summed E-state index contributed by atoms with van der Waals surface area (Å²) in [4.78, 5) is 0. The Morgan fingerprint density at radius 1 is 1.47 bits per heavy atom. The smallest absolute Gasteiger partial charge is 0.126 e. The Balaban J connectivity index is 2.09. The Bertz CT molecular complexity index is 378. The first-order chi connectivity index (χ1) is 8.20. The first-order valence-corrected chi connectivity index (χ1v) is 5.93. The van der Waals surface area contributed by atoms with Crippen LogP contribution in [0.4, 0.5) is 8.78 Å². The van der Waals surface area contributed by atoms with E-state index in [0.29, 0.717) is 12.0 Å². The van der Waals surface area contributed by atoms with E-state index in [1.807, 2.05) is 7.05 Å². The summed E-state index contributed by atoms with van der Waals surface area (Å²) in [7, 11) is 1.82. The van der Waals surface area contributed by atoms with Crippen LogP contribution in [0.2, 0.25) is 0 Å². The molecule has 1 aromatic rings.